The summed E-state index contributed by atoms with van der Waals surface area (Å²) < 4.78 is 68.8. The molecule has 4 aliphatic rings. The zero-order valence-electron chi connectivity index (χ0n) is 60.9. The van der Waals surface area contributed by atoms with Crippen LogP contribution in [0, 0.1) is 35.5 Å². The first-order valence-corrected chi connectivity index (χ1v) is 36.0. The van der Waals surface area contributed by atoms with E-state index < -0.39 is 176 Å². The van der Waals surface area contributed by atoms with E-state index in [1.165, 1.54) is 66.1 Å². The van der Waals surface area contributed by atoms with Gasteiger partial charge in [0.15, 0.2) is 0 Å². The van der Waals surface area contributed by atoms with Crippen LogP contribution in [0.5, 0.6) is 0 Å². The molecule has 99 heavy (non-hydrogen) atoms. The van der Waals surface area contributed by atoms with Crippen LogP contribution in [-0.2, 0) is 57.5 Å². The molecule has 2 saturated heterocycles. The van der Waals surface area contributed by atoms with Crippen LogP contribution >= 0.6 is 11.6 Å². The summed E-state index contributed by atoms with van der Waals surface area (Å²) >= 11 is 6.48. The summed E-state index contributed by atoms with van der Waals surface area (Å²) in [6, 6.07) is -10.9. The van der Waals surface area contributed by atoms with Crippen molar-refractivity contribution in [1.82, 2.24) is 60.5 Å². The predicted molar refractivity (Wildman–Crippen MR) is 363 cm³/mol. The Morgan fingerprint density at radius 3 is 1.68 bits per heavy atom. The van der Waals surface area contributed by atoms with E-state index in [0.29, 0.717) is 58.0 Å². The van der Waals surface area contributed by atoms with Crippen LogP contribution in [0.4, 0.5) is 22.0 Å². The third-order valence-corrected chi connectivity index (χ3v) is 21.0. The van der Waals surface area contributed by atoms with Crippen molar-refractivity contribution < 1.29 is 79.5 Å². The molecule has 0 aromatic carbocycles. The van der Waals surface area contributed by atoms with Gasteiger partial charge in [-0.15, -0.1) is 11.6 Å². The summed E-state index contributed by atoms with van der Waals surface area (Å²) in [6.45, 7) is 10.8. The molecule has 0 aromatic rings. The molecule has 564 valence electrons. The minimum Gasteiger partial charge on any atom is -0.343 e. The van der Waals surface area contributed by atoms with E-state index in [-0.39, 0.29) is 106 Å². The number of hydrogen-bond donors (Lipinski definition) is 4. The molecule has 4 N–H and O–H groups in total. The number of unbranched alkanes of at least 4 members (excludes halogenated alkanes) is 1. The fourth-order valence-electron chi connectivity index (χ4n) is 13.6. The van der Waals surface area contributed by atoms with Crippen molar-refractivity contribution in [3.05, 3.63) is 0 Å². The molecule has 2 aliphatic carbocycles. The second-order valence-corrected chi connectivity index (χ2v) is 29.9. The Labute approximate surface area is 587 Å². The van der Waals surface area contributed by atoms with Gasteiger partial charge in [-0.3, -0.25) is 57.5 Å². The SMILES string of the molecule is CC[C@H](C)[C@@H]1NC(=O)[C@H](C)N(C)C(=O)C[C@@H](C(=O)N2CCCC2)NC(=O)[C@H](CC(C)C)N(C)C(=O)[C@H](CCCCC(F)F)N(C)C(=O)[C@H](CC(C)C)NC(=O)[C@H](CCC2CCC(C(F)(F)F)CC2)NC(=O)CN(C)C(=O)[C@H](CC2CCC(Cl)CC2)N(C)C(=O)CN(C)C(=O)CN(C)C1=O. The lowest BCUT2D eigenvalue weighted by molar-refractivity contribution is -0.184. The first-order chi connectivity index (χ1) is 46.3. The Morgan fingerprint density at radius 2 is 1.11 bits per heavy atom. The highest BCUT2D eigenvalue weighted by molar-refractivity contribution is 6.20. The first kappa shape index (κ1) is 85.0. The Morgan fingerprint density at radius 1 is 0.545 bits per heavy atom. The molecule has 9 atom stereocenters. The smallest absolute Gasteiger partial charge is 0.343 e. The predicted octanol–water partition coefficient (Wildman–Crippen LogP) is 5.96. The molecule has 2 heterocycles. The summed E-state index contributed by atoms with van der Waals surface area (Å²) in [4.78, 5) is 184. The lowest BCUT2D eigenvalue weighted by atomic mass is 9.79. The lowest BCUT2D eigenvalue weighted by Gasteiger charge is -2.37. The van der Waals surface area contributed by atoms with Crippen LogP contribution in [-0.4, -0.2) is 258 Å². The molecular formula is C69H114ClF5N12O12. The number of carbonyl (C=O) groups excluding carboxylic acids is 12. The molecule has 12 amide bonds. The Balaban J connectivity index is 1.88. The van der Waals surface area contributed by atoms with Gasteiger partial charge in [-0.05, 0) is 146 Å². The number of halogens is 6. The van der Waals surface area contributed by atoms with Gasteiger partial charge in [0.2, 0.25) is 77.3 Å². The van der Waals surface area contributed by atoms with Gasteiger partial charge in [0, 0.05) is 74.2 Å². The Hall–Kier alpha value is -6.42. The monoisotopic (exact) mass is 1430 g/mol. The van der Waals surface area contributed by atoms with Crippen molar-refractivity contribution in [3.63, 3.8) is 0 Å². The zero-order valence-corrected chi connectivity index (χ0v) is 61.6. The van der Waals surface area contributed by atoms with Crippen molar-refractivity contribution in [3.8, 4) is 0 Å². The second-order valence-electron chi connectivity index (χ2n) is 29.2. The third kappa shape index (κ3) is 25.9. The van der Waals surface area contributed by atoms with Gasteiger partial charge in [0.25, 0.3) is 0 Å². The van der Waals surface area contributed by atoms with Crippen LogP contribution in [0.2, 0.25) is 0 Å². The van der Waals surface area contributed by atoms with Gasteiger partial charge < -0.3 is 60.5 Å². The quantitative estimate of drug-likeness (QED) is 0.0747. The number of alkyl halides is 6. The number of nitrogens with zero attached hydrogens (tertiary/aromatic N) is 8. The largest absolute Gasteiger partial charge is 0.391 e. The summed E-state index contributed by atoms with van der Waals surface area (Å²) in [5, 5.41) is 10.9. The van der Waals surface area contributed by atoms with Crippen LogP contribution in [0.25, 0.3) is 0 Å². The summed E-state index contributed by atoms with van der Waals surface area (Å²) in [6.07, 6.45) is -4.18. The molecule has 30 heteroatoms. The number of amides is 12. The fourth-order valence-corrected chi connectivity index (χ4v) is 13.9. The maximum atomic E-state index is 15.3. The van der Waals surface area contributed by atoms with Crippen LogP contribution in [0.15, 0.2) is 0 Å². The number of carbonyl (C=O) groups is 12. The standard InChI is InChI=1S/C69H114ClF5N12O12/c1-15-43(6)60-68(99)82(10)39-58(90)80(8)40-59(91)84(12)54(36-46-24-29-48(70)30-25-46)66(97)81(9)38-56(88)76-49(31-26-45-22-27-47(28-23-45)69(73,74)75)62(93)77-50(34-41(2)3)64(95)85(13)52(20-16-17-21-55(71)72)67(98)86(14)53(35-42(4)5)63(94)78-51(65(96)87-32-18-19-33-87)37-57(89)83(11)44(7)61(92)79-60/h41-55,60H,15-40H2,1-14H3,(H,76,88)(H,77,93)(H,78,94)(H,79,92)/t43-,44-,45?,46?,47?,48?,49-,50-,51-,52-,53-,54-,60-/m0/s1. The number of nitrogens with one attached hydrogen (secondary N) is 4. The first-order valence-electron chi connectivity index (χ1n) is 35.5. The molecule has 0 unspecified atom stereocenters. The second kappa shape index (κ2) is 39.7. The molecule has 0 bridgehead atoms. The topological polar surface area (TPSA) is 279 Å². The zero-order chi connectivity index (χ0) is 74.5. The maximum Gasteiger partial charge on any atom is 0.391 e. The van der Waals surface area contributed by atoms with Crippen molar-refractivity contribution in [2.45, 2.75) is 250 Å². The van der Waals surface area contributed by atoms with Crippen molar-refractivity contribution in [1.29, 1.82) is 0 Å². The minimum atomic E-state index is -4.40. The van der Waals surface area contributed by atoms with Gasteiger partial charge in [0.05, 0.1) is 32.0 Å². The molecule has 0 radical (unpaired) electrons. The van der Waals surface area contributed by atoms with Crippen molar-refractivity contribution >= 4 is 82.5 Å². The molecule has 4 rings (SSSR count). The molecule has 4 fully saturated rings. The minimum absolute atomic E-state index is 0.00471. The molecule has 24 nitrogen and oxygen atoms in total. The number of hydrogen-bond acceptors (Lipinski definition) is 12. The highest BCUT2D eigenvalue weighted by atomic mass is 35.5. The average Bonchev–Trinajstić information content (AvgIpc) is 1.53. The Kier molecular flexibility index (Phi) is 34.1. The highest BCUT2D eigenvalue weighted by Gasteiger charge is 2.44. The average molecular weight is 1430 g/mol. The van der Waals surface area contributed by atoms with Gasteiger partial charge in [-0.1, -0.05) is 54.4 Å². The highest BCUT2D eigenvalue weighted by Crippen LogP contribution is 2.41. The van der Waals surface area contributed by atoms with E-state index in [4.69, 9.17) is 11.6 Å². The van der Waals surface area contributed by atoms with Crippen molar-refractivity contribution in [2.75, 3.05) is 82.1 Å². The van der Waals surface area contributed by atoms with Gasteiger partial charge in [0.1, 0.15) is 48.3 Å². The molecular weight excluding hydrogens is 1320 g/mol. The van der Waals surface area contributed by atoms with Crippen LogP contribution in [0.3, 0.4) is 0 Å². The summed E-state index contributed by atoms with van der Waals surface area (Å²) in [7, 11) is 9.37. The van der Waals surface area contributed by atoms with Gasteiger partial charge in [-0.25, -0.2) is 8.78 Å². The van der Waals surface area contributed by atoms with Crippen LogP contribution in [0.1, 0.15) is 183 Å². The van der Waals surface area contributed by atoms with E-state index in [1.807, 2.05) is 0 Å². The normalized spacial score (nSPS) is 28.6. The van der Waals surface area contributed by atoms with Crippen LogP contribution < -0.4 is 21.3 Å². The molecule has 0 aromatic heterocycles. The van der Waals surface area contributed by atoms with Gasteiger partial charge >= 0.3 is 6.18 Å². The number of likely N-dealkylation sites (tertiary alicyclic amines) is 1. The third-order valence-electron chi connectivity index (χ3n) is 20.5. The number of rotatable bonds is 17. The summed E-state index contributed by atoms with van der Waals surface area (Å²) in [5.41, 5.74) is 0. The maximum absolute atomic E-state index is 15.3. The van der Waals surface area contributed by atoms with E-state index in [9.17, 15) is 69.9 Å². The fraction of sp³-hybridized carbons (Fsp3) is 0.826. The number of likely N-dealkylation sites (N-methyl/N-ethyl adjacent to an activating group) is 7. The van der Waals surface area contributed by atoms with E-state index in [1.54, 1.807) is 41.5 Å². The molecule has 0 spiro atoms. The van der Waals surface area contributed by atoms with E-state index in [0.717, 1.165) is 29.4 Å². The molecule has 2 saturated carbocycles. The Bertz CT molecular complexity index is 2750. The van der Waals surface area contributed by atoms with E-state index >= 15 is 9.59 Å². The van der Waals surface area contributed by atoms with Gasteiger partial charge in [-0.2, -0.15) is 13.2 Å². The molecule has 2 aliphatic heterocycles. The van der Waals surface area contributed by atoms with Crippen molar-refractivity contribution in [2.24, 2.45) is 35.5 Å². The summed E-state index contributed by atoms with van der Waals surface area (Å²) in [5.74, 6) is -12.0. The van der Waals surface area contributed by atoms with E-state index in [2.05, 4.69) is 21.3 Å². The lowest BCUT2D eigenvalue weighted by Crippen LogP contribution is -2.60.